The van der Waals surface area contributed by atoms with E-state index in [4.69, 9.17) is 0 Å². The van der Waals surface area contributed by atoms with Crippen LogP contribution in [0.3, 0.4) is 0 Å². The molecule has 2 fully saturated rings. The van der Waals surface area contributed by atoms with Crippen molar-refractivity contribution in [1.29, 1.82) is 0 Å². The summed E-state index contributed by atoms with van der Waals surface area (Å²) < 4.78 is 0. The highest BCUT2D eigenvalue weighted by Crippen LogP contribution is 2.32. The van der Waals surface area contributed by atoms with Gasteiger partial charge in [0.05, 0.1) is 6.54 Å². The van der Waals surface area contributed by atoms with E-state index in [1.807, 2.05) is 18.8 Å². The third kappa shape index (κ3) is 1.05. The fourth-order valence-electron chi connectivity index (χ4n) is 1.72. The summed E-state index contributed by atoms with van der Waals surface area (Å²) in [6.07, 6.45) is 1.10. The second-order valence-corrected chi connectivity index (χ2v) is 4.34. The molecule has 0 aliphatic carbocycles. The van der Waals surface area contributed by atoms with E-state index >= 15 is 0 Å². The Morgan fingerprint density at radius 1 is 1.73 bits per heavy atom. The number of carbonyl (C=O) groups excluding carboxylic acids is 1. The van der Waals surface area contributed by atoms with Crippen LogP contribution in [0.2, 0.25) is 0 Å². The molecule has 2 rings (SSSR count). The molecule has 1 spiro atoms. The van der Waals surface area contributed by atoms with Gasteiger partial charge in [-0.15, -0.1) is 0 Å². The average Bonchev–Trinajstić information content (AvgIpc) is 2.45. The Hall–Kier alpha value is -0.220. The van der Waals surface area contributed by atoms with E-state index < -0.39 is 0 Å². The largest absolute Gasteiger partial charge is 0.336 e. The predicted molar refractivity (Wildman–Crippen MR) is 45.4 cm³/mol. The zero-order chi connectivity index (χ0) is 7.90. The summed E-state index contributed by atoms with van der Waals surface area (Å²) in [5.41, 5.74) is 0.0156. The third-order valence-electron chi connectivity index (χ3n) is 2.48. The van der Waals surface area contributed by atoms with Crippen molar-refractivity contribution in [2.24, 2.45) is 0 Å². The van der Waals surface area contributed by atoms with Crippen LogP contribution in [0.25, 0.3) is 0 Å². The smallest absolute Gasteiger partial charge is 0.235 e. The van der Waals surface area contributed by atoms with E-state index in [0.717, 1.165) is 12.2 Å². The summed E-state index contributed by atoms with van der Waals surface area (Å²) >= 11 is 1.92. The highest BCUT2D eigenvalue weighted by Gasteiger charge is 2.44. The van der Waals surface area contributed by atoms with Crippen LogP contribution in [0.4, 0.5) is 0 Å². The zero-order valence-electron chi connectivity index (χ0n) is 6.59. The number of likely N-dealkylation sites (N-methyl/N-ethyl adjacent to an activating group) is 1. The number of hydrogen-bond donors (Lipinski definition) is 1. The number of nitrogens with one attached hydrogen (secondary N) is 1. The summed E-state index contributed by atoms with van der Waals surface area (Å²) in [5.74, 6) is 2.40. The lowest BCUT2D eigenvalue weighted by Crippen LogP contribution is -2.50. The van der Waals surface area contributed by atoms with Crippen LogP contribution in [0.1, 0.15) is 6.42 Å². The summed E-state index contributed by atoms with van der Waals surface area (Å²) in [5, 5.41) is 3.05. The van der Waals surface area contributed by atoms with Crippen molar-refractivity contribution in [3.8, 4) is 0 Å². The molecule has 1 atom stereocenters. The van der Waals surface area contributed by atoms with Gasteiger partial charge in [-0.2, -0.15) is 11.8 Å². The summed E-state index contributed by atoms with van der Waals surface area (Å²) in [6, 6.07) is 0. The molecule has 2 heterocycles. The van der Waals surface area contributed by atoms with Crippen molar-refractivity contribution in [1.82, 2.24) is 10.2 Å². The van der Waals surface area contributed by atoms with Crippen LogP contribution in [0, 0.1) is 0 Å². The standard InChI is InChI=1S/C7H12N2OS/c1-9-4-6(10)8-7(9)2-3-11-5-7/h2-5H2,1H3,(H,8,10). The highest BCUT2D eigenvalue weighted by atomic mass is 32.2. The Bertz CT molecular complexity index is 189. The second kappa shape index (κ2) is 2.38. The van der Waals surface area contributed by atoms with Crippen molar-refractivity contribution in [2.45, 2.75) is 12.1 Å². The Kier molecular flexibility index (Phi) is 1.61. The number of carbonyl (C=O) groups is 1. The first kappa shape index (κ1) is 7.43. The molecule has 0 saturated carbocycles. The second-order valence-electron chi connectivity index (χ2n) is 3.24. The SMILES string of the molecule is CN1CC(=O)NC12CCSC2. The summed E-state index contributed by atoms with van der Waals surface area (Å²) in [7, 11) is 2.02. The van der Waals surface area contributed by atoms with E-state index in [1.165, 1.54) is 5.75 Å². The molecule has 1 amide bonds. The van der Waals surface area contributed by atoms with Gasteiger partial charge >= 0.3 is 0 Å². The van der Waals surface area contributed by atoms with Crippen molar-refractivity contribution >= 4 is 17.7 Å². The first-order valence-corrected chi connectivity index (χ1v) is 4.98. The van der Waals surface area contributed by atoms with E-state index in [-0.39, 0.29) is 11.6 Å². The molecule has 0 aromatic heterocycles. The lowest BCUT2D eigenvalue weighted by Gasteiger charge is -2.29. The number of amides is 1. The van der Waals surface area contributed by atoms with Gasteiger partial charge in [0, 0.05) is 5.75 Å². The molecule has 0 bridgehead atoms. The van der Waals surface area contributed by atoms with Crippen molar-refractivity contribution in [2.75, 3.05) is 25.1 Å². The molecule has 0 radical (unpaired) electrons. The lowest BCUT2D eigenvalue weighted by molar-refractivity contribution is -0.118. The van der Waals surface area contributed by atoms with Crippen molar-refractivity contribution < 1.29 is 4.79 Å². The summed E-state index contributed by atoms with van der Waals surface area (Å²) in [4.78, 5) is 13.2. The highest BCUT2D eigenvalue weighted by molar-refractivity contribution is 7.99. The maximum absolute atomic E-state index is 11.1. The van der Waals surface area contributed by atoms with Crippen molar-refractivity contribution in [3.05, 3.63) is 0 Å². The zero-order valence-corrected chi connectivity index (χ0v) is 7.41. The Labute approximate surface area is 70.5 Å². The quantitative estimate of drug-likeness (QED) is 0.553. The van der Waals surface area contributed by atoms with E-state index in [9.17, 15) is 4.79 Å². The van der Waals surface area contributed by atoms with Crippen LogP contribution in [-0.2, 0) is 4.79 Å². The molecule has 3 nitrogen and oxygen atoms in total. The van der Waals surface area contributed by atoms with Gasteiger partial charge in [0.15, 0.2) is 0 Å². The van der Waals surface area contributed by atoms with Gasteiger partial charge in [0.25, 0.3) is 0 Å². The first-order chi connectivity index (χ1) is 5.23. The van der Waals surface area contributed by atoms with Gasteiger partial charge in [0.1, 0.15) is 5.66 Å². The average molecular weight is 172 g/mol. The Balaban J connectivity index is 2.18. The molecule has 1 unspecified atom stereocenters. The minimum Gasteiger partial charge on any atom is -0.336 e. The maximum atomic E-state index is 11.1. The third-order valence-corrected chi connectivity index (χ3v) is 3.66. The lowest BCUT2D eigenvalue weighted by atomic mass is 10.1. The summed E-state index contributed by atoms with van der Waals surface area (Å²) in [6.45, 7) is 0.570. The van der Waals surface area contributed by atoms with E-state index in [0.29, 0.717) is 6.54 Å². The van der Waals surface area contributed by atoms with E-state index in [2.05, 4.69) is 10.2 Å². The van der Waals surface area contributed by atoms with Crippen LogP contribution >= 0.6 is 11.8 Å². The molecule has 0 aromatic carbocycles. The minimum absolute atomic E-state index is 0.0156. The van der Waals surface area contributed by atoms with E-state index in [1.54, 1.807) is 0 Å². The number of hydrogen-bond acceptors (Lipinski definition) is 3. The fraction of sp³-hybridized carbons (Fsp3) is 0.857. The van der Waals surface area contributed by atoms with Crippen LogP contribution < -0.4 is 5.32 Å². The van der Waals surface area contributed by atoms with Gasteiger partial charge in [0.2, 0.25) is 5.91 Å². The minimum atomic E-state index is 0.0156. The molecular weight excluding hydrogens is 160 g/mol. The topological polar surface area (TPSA) is 32.3 Å². The van der Waals surface area contributed by atoms with Gasteiger partial charge in [-0.1, -0.05) is 0 Å². The monoisotopic (exact) mass is 172 g/mol. The molecule has 2 aliphatic heterocycles. The van der Waals surface area contributed by atoms with Gasteiger partial charge in [-0.25, -0.2) is 0 Å². The maximum Gasteiger partial charge on any atom is 0.235 e. The molecule has 62 valence electrons. The fourth-order valence-corrected chi connectivity index (χ4v) is 3.12. The number of thioether (sulfide) groups is 1. The van der Waals surface area contributed by atoms with Gasteiger partial charge in [-0.3, -0.25) is 9.69 Å². The van der Waals surface area contributed by atoms with Gasteiger partial charge in [-0.05, 0) is 19.2 Å². The van der Waals surface area contributed by atoms with Gasteiger partial charge < -0.3 is 5.32 Å². The number of rotatable bonds is 0. The normalized spacial score (nSPS) is 38.5. The van der Waals surface area contributed by atoms with Crippen molar-refractivity contribution in [3.63, 3.8) is 0 Å². The molecule has 11 heavy (non-hydrogen) atoms. The van der Waals surface area contributed by atoms with Crippen LogP contribution in [0.5, 0.6) is 0 Å². The van der Waals surface area contributed by atoms with Crippen LogP contribution in [-0.4, -0.2) is 41.6 Å². The molecule has 4 heteroatoms. The molecule has 0 aromatic rings. The molecule has 2 saturated heterocycles. The predicted octanol–water partition coefficient (Wildman–Crippen LogP) is -0.119. The molecule has 1 N–H and O–H groups in total. The Morgan fingerprint density at radius 3 is 3.00 bits per heavy atom. The molecule has 2 aliphatic rings. The first-order valence-electron chi connectivity index (χ1n) is 3.83. The Morgan fingerprint density at radius 2 is 2.55 bits per heavy atom. The number of nitrogens with zero attached hydrogens (tertiary/aromatic N) is 1. The molecular formula is C7H12N2OS. The van der Waals surface area contributed by atoms with Crippen LogP contribution in [0.15, 0.2) is 0 Å².